The molecule has 16 heavy (non-hydrogen) atoms. The molecular formula is C11H13ClN4. The summed E-state index contributed by atoms with van der Waals surface area (Å²) in [5.74, 6) is 0. The van der Waals surface area contributed by atoms with E-state index < -0.39 is 0 Å². The Labute approximate surface area is 99.0 Å². The predicted octanol–water partition coefficient (Wildman–Crippen LogP) is 2.00. The lowest BCUT2D eigenvalue weighted by Crippen LogP contribution is -2.05. The quantitative estimate of drug-likeness (QED) is 0.887. The Kier molecular flexibility index (Phi) is 3.22. The molecular weight excluding hydrogens is 224 g/mol. The van der Waals surface area contributed by atoms with Gasteiger partial charge in [-0.15, -0.1) is 5.10 Å². The van der Waals surface area contributed by atoms with Gasteiger partial charge in [-0.2, -0.15) is 0 Å². The molecule has 2 rings (SSSR count). The first-order valence-corrected chi connectivity index (χ1v) is 5.43. The SMILES string of the molecule is CC(N)c1cn(Cc2ccccc2Cl)nn1. The van der Waals surface area contributed by atoms with Crippen LogP contribution in [0.4, 0.5) is 0 Å². The van der Waals surface area contributed by atoms with E-state index in [9.17, 15) is 0 Å². The Balaban J connectivity index is 2.18. The molecule has 0 amide bonds. The molecule has 0 fully saturated rings. The number of halogens is 1. The summed E-state index contributed by atoms with van der Waals surface area (Å²) in [4.78, 5) is 0. The van der Waals surface area contributed by atoms with Gasteiger partial charge in [-0.05, 0) is 18.6 Å². The van der Waals surface area contributed by atoms with E-state index in [1.807, 2.05) is 37.4 Å². The van der Waals surface area contributed by atoms with Gasteiger partial charge < -0.3 is 5.73 Å². The molecule has 0 spiro atoms. The van der Waals surface area contributed by atoms with Gasteiger partial charge in [0.2, 0.25) is 0 Å². The molecule has 2 N–H and O–H groups in total. The Morgan fingerprint density at radius 2 is 2.19 bits per heavy atom. The zero-order valence-electron chi connectivity index (χ0n) is 8.97. The molecule has 1 unspecified atom stereocenters. The minimum absolute atomic E-state index is 0.0972. The van der Waals surface area contributed by atoms with Gasteiger partial charge in [0.1, 0.15) is 0 Å². The highest BCUT2D eigenvalue weighted by molar-refractivity contribution is 6.31. The lowest BCUT2D eigenvalue weighted by Gasteiger charge is -2.02. The normalized spacial score (nSPS) is 12.7. The van der Waals surface area contributed by atoms with Gasteiger partial charge >= 0.3 is 0 Å². The highest BCUT2D eigenvalue weighted by Crippen LogP contribution is 2.16. The maximum atomic E-state index is 6.06. The smallest absolute Gasteiger partial charge is 0.0991 e. The molecule has 1 heterocycles. The predicted molar refractivity (Wildman–Crippen MR) is 63.2 cm³/mol. The fourth-order valence-corrected chi connectivity index (χ4v) is 1.60. The minimum atomic E-state index is -0.0972. The average Bonchev–Trinajstić information content (AvgIpc) is 2.70. The molecule has 84 valence electrons. The van der Waals surface area contributed by atoms with E-state index in [4.69, 9.17) is 17.3 Å². The Hall–Kier alpha value is -1.39. The summed E-state index contributed by atoms with van der Waals surface area (Å²) in [5.41, 5.74) is 7.51. The lowest BCUT2D eigenvalue weighted by molar-refractivity contribution is 0.648. The molecule has 0 saturated carbocycles. The number of hydrogen-bond acceptors (Lipinski definition) is 3. The van der Waals surface area contributed by atoms with Crippen molar-refractivity contribution in [2.75, 3.05) is 0 Å². The van der Waals surface area contributed by atoms with Crippen molar-refractivity contribution in [3.8, 4) is 0 Å². The summed E-state index contributed by atoms with van der Waals surface area (Å²) in [7, 11) is 0. The summed E-state index contributed by atoms with van der Waals surface area (Å²) < 4.78 is 1.74. The number of benzene rings is 1. The molecule has 0 saturated heterocycles. The third-order valence-corrected chi connectivity index (χ3v) is 2.68. The molecule has 5 heteroatoms. The van der Waals surface area contributed by atoms with Crippen LogP contribution in [-0.2, 0) is 6.54 Å². The topological polar surface area (TPSA) is 56.7 Å². The average molecular weight is 237 g/mol. The van der Waals surface area contributed by atoms with Crippen LogP contribution in [0.2, 0.25) is 5.02 Å². The van der Waals surface area contributed by atoms with Gasteiger partial charge in [-0.25, -0.2) is 4.68 Å². The summed E-state index contributed by atoms with van der Waals surface area (Å²) in [5, 5.41) is 8.72. The fraction of sp³-hybridized carbons (Fsp3) is 0.273. The second kappa shape index (κ2) is 4.63. The van der Waals surface area contributed by atoms with Crippen molar-refractivity contribution in [2.45, 2.75) is 19.5 Å². The van der Waals surface area contributed by atoms with E-state index in [1.54, 1.807) is 4.68 Å². The van der Waals surface area contributed by atoms with E-state index >= 15 is 0 Å². The number of nitrogens with zero attached hydrogens (tertiary/aromatic N) is 3. The molecule has 0 aliphatic carbocycles. The van der Waals surface area contributed by atoms with Gasteiger partial charge in [0.15, 0.2) is 0 Å². The number of aromatic nitrogens is 3. The van der Waals surface area contributed by atoms with Gasteiger partial charge in [0.25, 0.3) is 0 Å². The lowest BCUT2D eigenvalue weighted by atomic mass is 10.2. The largest absolute Gasteiger partial charge is 0.323 e. The van der Waals surface area contributed by atoms with Crippen molar-refractivity contribution in [1.29, 1.82) is 0 Å². The van der Waals surface area contributed by atoms with Crippen LogP contribution < -0.4 is 5.73 Å². The molecule has 0 aliphatic rings. The van der Waals surface area contributed by atoms with E-state index in [0.717, 1.165) is 16.3 Å². The zero-order chi connectivity index (χ0) is 11.5. The molecule has 0 aliphatic heterocycles. The summed E-state index contributed by atoms with van der Waals surface area (Å²) in [6.07, 6.45) is 1.84. The summed E-state index contributed by atoms with van der Waals surface area (Å²) in [6.45, 7) is 2.49. The molecule has 1 aromatic carbocycles. The highest BCUT2D eigenvalue weighted by Gasteiger charge is 2.06. The second-order valence-corrected chi connectivity index (χ2v) is 4.13. The van der Waals surface area contributed by atoms with E-state index in [1.165, 1.54) is 0 Å². The standard InChI is InChI=1S/C11H13ClN4/c1-8(13)11-7-16(15-14-11)6-9-4-2-3-5-10(9)12/h2-5,7-8H,6,13H2,1H3. The van der Waals surface area contributed by atoms with Crippen molar-refractivity contribution in [3.05, 3.63) is 46.7 Å². The first-order chi connectivity index (χ1) is 7.66. The van der Waals surface area contributed by atoms with Crippen molar-refractivity contribution in [1.82, 2.24) is 15.0 Å². The van der Waals surface area contributed by atoms with Crippen molar-refractivity contribution >= 4 is 11.6 Å². The maximum absolute atomic E-state index is 6.06. The van der Waals surface area contributed by atoms with Crippen molar-refractivity contribution in [3.63, 3.8) is 0 Å². The molecule has 4 nitrogen and oxygen atoms in total. The number of nitrogens with two attached hydrogens (primary N) is 1. The zero-order valence-corrected chi connectivity index (χ0v) is 9.72. The molecule has 0 bridgehead atoms. The number of rotatable bonds is 3. The van der Waals surface area contributed by atoms with Crippen LogP contribution in [0.5, 0.6) is 0 Å². The van der Waals surface area contributed by atoms with E-state index in [-0.39, 0.29) is 6.04 Å². The molecule has 0 radical (unpaired) electrons. The Morgan fingerprint density at radius 3 is 2.81 bits per heavy atom. The van der Waals surface area contributed by atoms with Crippen LogP contribution in [0.25, 0.3) is 0 Å². The first kappa shape index (κ1) is 11.1. The van der Waals surface area contributed by atoms with Crippen LogP contribution in [0, 0.1) is 0 Å². The Morgan fingerprint density at radius 1 is 1.44 bits per heavy atom. The van der Waals surface area contributed by atoms with Gasteiger partial charge in [-0.3, -0.25) is 0 Å². The van der Waals surface area contributed by atoms with Crippen molar-refractivity contribution in [2.24, 2.45) is 5.73 Å². The van der Waals surface area contributed by atoms with Crippen LogP contribution in [0.3, 0.4) is 0 Å². The van der Waals surface area contributed by atoms with Crippen LogP contribution in [0.1, 0.15) is 24.2 Å². The van der Waals surface area contributed by atoms with E-state index in [2.05, 4.69) is 10.3 Å². The van der Waals surface area contributed by atoms with Crippen molar-refractivity contribution < 1.29 is 0 Å². The van der Waals surface area contributed by atoms with Crippen LogP contribution >= 0.6 is 11.6 Å². The van der Waals surface area contributed by atoms with Crippen LogP contribution in [-0.4, -0.2) is 15.0 Å². The second-order valence-electron chi connectivity index (χ2n) is 3.72. The maximum Gasteiger partial charge on any atom is 0.0991 e. The first-order valence-electron chi connectivity index (χ1n) is 5.06. The molecule has 1 aromatic heterocycles. The third kappa shape index (κ3) is 2.40. The monoisotopic (exact) mass is 236 g/mol. The Bertz CT molecular complexity index is 478. The van der Waals surface area contributed by atoms with E-state index in [0.29, 0.717) is 6.54 Å². The fourth-order valence-electron chi connectivity index (χ4n) is 1.40. The highest BCUT2D eigenvalue weighted by atomic mass is 35.5. The number of hydrogen-bond donors (Lipinski definition) is 1. The summed E-state index contributed by atoms with van der Waals surface area (Å²) >= 11 is 6.06. The third-order valence-electron chi connectivity index (χ3n) is 2.31. The summed E-state index contributed by atoms with van der Waals surface area (Å²) in [6, 6.07) is 7.58. The van der Waals surface area contributed by atoms with Gasteiger partial charge in [0.05, 0.1) is 18.4 Å². The van der Waals surface area contributed by atoms with Crippen LogP contribution in [0.15, 0.2) is 30.5 Å². The minimum Gasteiger partial charge on any atom is -0.323 e. The molecule has 1 atom stereocenters. The molecule has 2 aromatic rings. The van der Waals surface area contributed by atoms with Gasteiger partial charge in [-0.1, -0.05) is 35.0 Å². The van der Waals surface area contributed by atoms with Gasteiger partial charge in [0, 0.05) is 11.1 Å².